The third-order valence-electron chi connectivity index (χ3n) is 2.02. The minimum Gasteiger partial charge on any atom is -0.390 e. The summed E-state index contributed by atoms with van der Waals surface area (Å²) in [6.45, 7) is 0. The molecule has 14 heavy (non-hydrogen) atoms. The number of halogens is 1. The zero-order valence-electron chi connectivity index (χ0n) is 7.60. The molecule has 1 aromatic carbocycles. The van der Waals surface area contributed by atoms with Crippen molar-refractivity contribution < 1.29 is 10.2 Å². The van der Waals surface area contributed by atoms with Crippen LogP contribution in [-0.4, -0.2) is 21.6 Å². The highest BCUT2D eigenvalue weighted by atomic mass is 79.9. The quantitative estimate of drug-likeness (QED) is 0.583. The molecule has 0 bridgehead atoms. The summed E-state index contributed by atoms with van der Waals surface area (Å²) >= 11 is 7.44. The van der Waals surface area contributed by atoms with Crippen LogP contribution in [0.25, 0.3) is 0 Å². The minimum absolute atomic E-state index is 0.517. The SMILES string of the molecule is OC(CCBr)C(O)c1ccccc1S. The highest BCUT2D eigenvalue weighted by Gasteiger charge is 2.18. The summed E-state index contributed by atoms with van der Waals surface area (Å²) in [7, 11) is 0. The Bertz CT molecular complexity index is 293. The first-order valence-electron chi connectivity index (χ1n) is 4.36. The van der Waals surface area contributed by atoms with E-state index < -0.39 is 12.2 Å². The van der Waals surface area contributed by atoms with Gasteiger partial charge in [0.2, 0.25) is 0 Å². The Kier molecular flexibility index (Phi) is 4.95. The number of aliphatic hydroxyl groups excluding tert-OH is 2. The molecule has 1 rings (SSSR count). The summed E-state index contributed by atoms with van der Waals surface area (Å²) in [5, 5.41) is 20.0. The van der Waals surface area contributed by atoms with Gasteiger partial charge in [0.1, 0.15) is 6.10 Å². The van der Waals surface area contributed by atoms with Crippen molar-refractivity contribution in [3.8, 4) is 0 Å². The molecule has 0 aromatic heterocycles. The lowest BCUT2D eigenvalue weighted by Gasteiger charge is -2.18. The molecular formula is C10H13BrO2S. The summed E-state index contributed by atoms with van der Waals surface area (Å²) in [6, 6.07) is 7.22. The second-order valence-corrected chi connectivity index (χ2v) is 4.32. The van der Waals surface area contributed by atoms with E-state index in [1.807, 2.05) is 12.1 Å². The van der Waals surface area contributed by atoms with Crippen LogP contribution in [0, 0.1) is 0 Å². The van der Waals surface area contributed by atoms with Crippen LogP contribution >= 0.6 is 28.6 Å². The Morgan fingerprint density at radius 1 is 1.29 bits per heavy atom. The molecule has 0 fully saturated rings. The first-order valence-corrected chi connectivity index (χ1v) is 5.93. The standard InChI is InChI=1S/C10H13BrO2S/c11-6-5-8(12)10(13)7-3-1-2-4-9(7)14/h1-4,8,10,12-14H,5-6H2. The van der Waals surface area contributed by atoms with Crippen molar-refractivity contribution in [2.24, 2.45) is 0 Å². The van der Waals surface area contributed by atoms with Crippen molar-refractivity contribution in [2.45, 2.75) is 23.5 Å². The number of hydrogen-bond acceptors (Lipinski definition) is 3. The summed E-state index contributed by atoms with van der Waals surface area (Å²) < 4.78 is 0. The summed E-state index contributed by atoms with van der Waals surface area (Å²) in [5.74, 6) is 0. The van der Waals surface area contributed by atoms with Gasteiger partial charge in [-0.3, -0.25) is 0 Å². The average Bonchev–Trinajstić information content (AvgIpc) is 2.18. The predicted octanol–water partition coefficient (Wildman–Crippen LogP) is 2.15. The molecule has 0 saturated carbocycles. The Balaban J connectivity index is 2.78. The molecule has 2 N–H and O–H groups in total. The molecule has 2 nitrogen and oxygen atoms in total. The van der Waals surface area contributed by atoms with Gasteiger partial charge in [-0.1, -0.05) is 34.1 Å². The first kappa shape index (κ1) is 12.0. The smallest absolute Gasteiger partial charge is 0.106 e. The third-order valence-corrected chi connectivity index (χ3v) is 2.89. The number of hydrogen-bond donors (Lipinski definition) is 3. The Labute approximate surface area is 97.5 Å². The monoisotopic (exact) mass is 276 g/mol. The lowest BCUT2D eigenvalue weighted by atomic mass is 10.0. The Hall–Kier alpha value is -0.0300. The maximum atomic E-state index is 9.78. The average molecular weight is 277 g/mol. The highest BCUT2D eigenvalue weighted by molar-refractivity contribution is 9.09. The molecule has 2 unspecified atom stereocenters. The van der Waals surface area contributed by atoms with Crippen molar-refractivity contribution in [3.05, 3.63) is 29.8 Å². The van der Waals surface area contributed by atoms with Crippen molar-refractivity contribution in [1.82, 2.24) is 0 Å². The zero-order chi connectivity index (χ0) is 10.6. The van der Waals surface area contributed by atoms with Crippen LogP contribution in [0.1, 0.15) is 18.1 Å². The van der Waals surface area contributed by atoms with E-state index >= 15 is 0 Å². The van der Waals surface area contributed by atoms with Crippen LogP contribution in [0.15, 0.2) is 29.2 Å². The fourth-order valence-corrected chi connectivity index (χ4v) is 1.98. The number of rotatable bonds is 4. The lowest BCUT2D eigenvalue weighted by Crippen LogP contribution is -2.18. The van der Waals surface area contributed by atoms with E-state index in [0.29, 0.717) is 22.2 Å². The number of aliphatic hydroxyl groups is 2. The molecule has 4 heteroatoms. The maximum absolute atomic E-state index is 9.78. The molecule has 0 spiro atoms. The van der Waals surface area contributed by atoms with Crippen molar-refractivity contribution in [1.29, 1.82) is 0 Å². The number of benzene rings is 1. The van der Waals surface area contributed by atoms with Crippen LogP contribution in [0.4, 0.5) is 0 Å². The van der Waals surface area contributed by atoms with E-state index in [9.17, 15) is 10.2 Å². The van der Waals surface area contributed by atoms with Gasteiger partial charge in [0.05, 0.1) is 6.10 Å². The molecular weight excluding hydrogens is 264 g/mol. The van der Waals surface area contributed by atoms with Crippen LogP contribution in [0.5, 0.6) is 0 Å². The van der Waals surface area contributed by atoms with Gasteiger partial charge >= 0.3 is 0 Å². The van der Waals surface area contributed by atoms with Gasteiger partial charge in [-0.15, -0.1) is 12.6 Å². The molecule has 0 aliphatic carbocycles. The molecule has 0 aliphatic heterocycles. The van der Waals surface area contributed by atoms with E-state index in [4.69, 9.17) is 0 Å². The van der Waals surface area contributed by atoms with Crippen LogP contribution in [0.3, 0.4) is 0 Å². The molecule has 0 radical (unpaired) electrons. The second-order valence-electron chi connectivity index (χ2n) is 3.05. The van der Waals surface area contributed by atoms with Crippen molar-refractivity contribution >= 4 is 28.6 Å². The number of thiol groups is 1. The lowest BCUT2D eigenvalue weighted by molar-refractivity contribution is 0.0158. The topological polar surface area (TPSA) is 40.5 Å². The second kappa shape index (κ2) is 5.75. The van der Waals surface area contributed by atoms with Gasteiger partial charge in [-0.2, -0.15) is 0 Å². The normalized spacial score (nSPS) is 15.1. The molecule has 0 saturated heterocycles. The number of alkyl halides is 1. The van der Waals surface area contributed by atoms with Gasteiger partial charge in [0.25, 0.3) is 0 Å². The first-order chi connectivity index (χ1) is 6.66. The Morgan fingerprint density at radius 3 is 2.50 bits per heavy atom. The van der Waals surface area contributed by atoms with E-state index in [-0.39, 0.29) is 0 Å². The third kappa shape index (κ3) is 2.98. The molecule has 0 heterocycles. The van der Waals surface area contributed by atoms with Gasteiger partial charge in [0, 0.05) is 10.2 Å². The molecule has 78 valence electrons. The largest absolute Gasteiger partial charge is 0.390 e. The minimum atomic E-state index is -0.860. The fourth-order valence-electron chi connectivity index (χ4n) is 1.21. The molecule has 0 aliphatic rings. The molecule has 2 atom stereocenters. The molecule has 1 aromatic rings. The Morgan fingerprint density at radius 2 is 1.93 bits per heavy atom. The van der Waals surface area contributed by atoms with Crippen molar-refractivity contribution in [2.75, 3.05) is 5.33 Å². The predicted molar refractivity (Wildman–Crippen MR) is 63.1 cm³/mol. The summed E-state index contributed by atoms with van der Waals surface area (Å²) in [4.78, 5) is 0.702. The van der Waals surface area contributed by atoms with Gasteiger partial charge in [-0.05, 0) is 18.1 Å². The highest BCUT2D eigenvalue weighted by Crippen LogP contribution is 2.25. The van der Waals surface area contributed by atoms with Gasteiger partial charge < -0.3 is 10.2 Å². The van der Waals surface area contributed by atoms with Crippen LogP contribution in [-0.2, 0) is 0 Å². The van der Waals surface area contributed by atoms with Gasteiger partial charge in [-0.25, -0.2) is 0 Å². The van der Waals surface area contributed by atoms with Crippen LogP contribution in [0.2, 0.25) is 0 Å². The van der Waals surface area contributed by atoms with E-state index in [1.54, 1.807) is 12.1 Å². The van der Waals surface area contributed by atoms with Gasteiger partial charge in [0.15, 0.2) is 0 Å². The van der Waals surface area contributed by atoms with E-state index in [1.165, 1.54) is 0 Å². The fraction of sp³-hybridized carbons (Fsp3) is 0.400. The van der Waals surface area contributed by atoms with E-state index in [2.05, 4.69) is 28.6 Å². The summed E-state index contributed by atoms with van der Waals surface area (Å²) in [6.07, 6.45) is -1.09. The van der Waals surface area contributed by atoms with E-state index in [0.717, 1.165) is 0 Å². The molecule has 0 amide bonds. The zero-order valence-corrected chi connectivity index (χ0v) is 10.1. The maximum Gasteiger partial charge on any atom is 0.106 e. The summed E-state index contributed by atoms with van der Waals surface area (Å²) in [5.41, 5.74) is 0.671. The van der Waals surface area contributed by atoms with Crippen LogP contribution < -0.4 is 0 Å². The van der Waals surface area contributed by atoms with Crippen molar-refractivity contribution in [3.63, 3.8) is 0 Å².